The first-order valence-electron chi connectivity index (χ1n) is 17.5. The summed E-state index contributed by atoms with van der Waals surface area (Å²) in [7, 11) is -35.4. The average molecular weight is 1200 g/mol. The molecule has 0 heterocycles. The molecule has 5 aromatic carbocycles. The molecule has 0 amide bonds. The van der Waals surface area contributed by atoms with Crippen LogP contribution in [0.15, 0.2) is 134 Å². The van der Waals surface area contributed by atoms with Crippen LogP contribution in [0.1, 0.15) is 0 Å². The normalized spacial score (nSPS) is 12.7. The van der Waals surface area contributed by atoms with Crippen molar-refractivity contribution in [2.45, 2.75) is 24.5 Å². The molecule has 0 unspecified atom stereocenters. The van der Waals surface area contributed by atoms with E-state index in [1.54, 1.807) is 0 Å². The minimum absolute atomic E-state index is 0. The largest absolute Gasteiger partial charge is 1.00 e. The van der Waals surface area contributed by atoms with Crippen LogP contribution in [0.4, 0.5) is 45.5 Å². The van der Waals surface area contributed by atoms with Crippen molar-refractivity contribution >= 4 is 127 Å². The monoisotopic (exact) mass is 1200 g/mol. The number of nitrogens with zero attached hydrogens (tertiary/aromatic N) is 6. The topological polar surface area (TPSA) is 499 Å². The molecule has 73 heavy (non-hydrogen) atoms. The van der Waals surface area contributed by atoms with Gasteiger partial charge in [-0.3, -0.25) is 8.37 Å². The number of rotatable bonds is 19. The number of nitrogen functional groups attached to an aromatic ring is 2. The van der Waals surface area contributed by atoms with Crippen LogP contribution in [0.25, 0.3) is 10.8 Å². The minimum Gasteiger partial charge on any atom is -0.744 e. The van der Waals surface area contributed by atoms with E-state index in [4.69, 9.17) is 11.5 Å². The molecular formula is C32H25N8Na5O21S7. The fourth-order valence-corrected chi connectivity index (χ4v) is 10.2. The van der Waals surface area contributed by atoms with Crippen LogP contribution in [-0.4, -0.2) is 106 Å². The number of fused-ring (bicyclic) bond motifs is 1. The summed E-state index contributed by atoms with van der Waals surface area (Å²) >= 11 is 0. The van der Waals surface area contributed by atoms with Crippen LogP contribution in [0.5, 0.6) is 0 Å². The zero-order chi connectivity index (χ0) is 50.8. The Bertz CT molecular complexity index is 3780. The molecule has 0 spiro atoms. The van der Waals surface area contributed by atoms with Gasteiger partial charge in [0.05, 0.1) is 77.6 Å². The molecule has 0 aliphatic carbocycles. The molecule has 0 aromatic heterocycles. The van der Waals surface area contributed by atoms with E-state index < -0.39 is 144 Å². The molecule has 0 saturated carbocycles. The Morgan fingerprint density at radius 3 is 1.30 bits per heavy atom. The molecule has 41 heteroatoms. The van der Waals surface area contributed by atoms with E-state index in [9.17, 15) is 81.7 Å². The Morgan fingerprint density at radius 1 is 0.397 bits per heavy atom. The molecule has 366 valence electrons. The molecule has 0 radical (unpaired) electrons. The predicted molar refractivity (Wildman–Crippen MR) is 224 cm³/mol. The maximum atomic E-state index is 12.7. The summed E-state index contributed by atoms with van der Waals surface area (Å²) in [5, 5.41) is 22.7. The van der Waals surface area contributed by atoms with E-state index in [2.05, 4.69) is 39.1 Å². The van der Waals surface area contributed by atoms with E-state index in [1.807, 2.05) is 0 Å². The van der Waals surface area contributed by atoms with Gasteiger partial charge in [0.15, 0.2) is 19.7 Å². The van der Waals surface area contributed by atoms with E-state index in [0.717, 1.165) is 60.7 Å². The molecule has 0 fully saturated rings. The van der Waals surface area contributed by atoms with Gasteiger partial charge in [0.1, 0.15) is 47.4 Å². The van der Waals surface area contributed by atoms with E-state index in [0.29, 0.717) is 18.2 Å². The average Bonchev–Trinajstić information content (AvgIpc) is 3.20. The Hall–Kier alpha value is -0.870. The van der Waals surface area contributed by atoms with Crippen molar-refractivity contribution in [2.24, 2.45) is 30.7 Å². The number of azo groups is 3. The fourth-order valence-electron chi connectivity index (χ4n) is 5.43. The van der Waals surface area contributed by atoms with Crippen molar-refractivity contribution in [3.63, 3.8) is 0 Å². The Labute approximate surface area is 527 Å². The first-order chi connectivity index (χ1) is 31.2. The van der Waals surface area contributed by atoms with Crippen LogP contribution in [0.3, 0.4) is 0 Å². The second-order valence-electron chi connectivity index (χ2n) is 13.1. The van der Waals surface area contributed by atoms with Gasteiger partial charge in [0.2, 0.25) is 20.8 Å². The van der Waals surface area contributed by atoms with Crippen LogP contribution < -0.4 is 159 Å². The molecular weight excluding hydrogens is 1170 g/mol. The quantitative estimate of drug-likeness (QED) is 0.0255. The van der Waals surface area contributed by atoms with Crippen molar-refractivity contribution in [2.75, 3.05) is 36.2 Å². The number of sulfone groups is 2. The van der Waals surface area contributed by atoms with Gasteiger partial charge in [-0.15, -0.1) is 25.6 Å². The second kappa shape index (κ2) is 28.3. The first-order valence-corrected chi connectivity index (χ1v) is 27.7. The van der Waals surface area contributed by atoms with E-state index >= 15 is 0 Å². The molecule has 5 rings (SSSR count). The number of nitrogens with two attached hydrogens (primary N) is 2. The van der Waals surface area contributed by atoms with Crippen molar-refractivity contribution in [3.05, 3.63) is 78.9 Å². The zero-order valence-electron chi connectivity index (χ0n) is 38.1. The molecule has 0 aliphatic rings. The third kappa shape index (κ3) is 20.4. The van der Waals surface area contributed by atoms with Crippen molar-refractivity contribution in [1.29, 1.82) is 0 Å². The molecule has 29 nitrogen and oxygen atoms in total. The van der Waals surface area contributed by atoms with Crippen molar-refractivity contribution in [1.82, 2.24) is 0 Å². The van der Waals surface area contributed by atoms with Gasteiger partial charge in [0.25, 0.3) is 0 Å². The standard InChI is InChI=1S/C32H30N8O21S7.5Na/c33-30-27(17-29(66(51,52)53)31(34)32(30)40-35-18-1-3-19(4-2-18)62(41,42)13-11-60-67(54,55)56)39-36-24-9-10-25(23-15-21(64(45,46)47)5-7-22(23)24)37-38-26-8-6-20(16-28(26)65(48,49)50)63(43,44)14-12-61-68(57,58)59;;;;;/h1-10,15-17H,11-14,33-34H2,(H,45,46,47)(H,48,49,50)(H,51,52,53)(H,54,55,56)(H,57,58,59);;;;;/q;5*+1/p-5. The van der Waals surface area contributed by atoms with Crippen molar-refractivity contribution in [3.8, 4) is 0 Å². The molecule has 5 aromatic rings. The van der Waals surface area contributed by atoms with Gasteiger partial charge >= 0.3 is 148 Å². The number of benzene rings is 5. The van der Waals surface area contributed by atoms with Gasteiger partial charge in [-0.05, 0) is 72.8 Å². The molecule has 0 aliphatic heterocycles. The van der Waals surface area contributed by atoms with Gasteiger partial charge in [0, 0.05) is 10.8 Å². The second-order valence-corrected chi connectivity index (χ2v) is 23.5. The van der Waals surface area contributed by atoms with E-state index in [1.165, 1.54) is 0 Å². The summed E-state index contributed by atoms with van der Waals surface area (Å²) in [5.41, 5.74) is 8.06. The first kappa shape index (κ1) is 72.1. The Kier molecular flexibility index (Phi) is 28.0. The number of hydrogen-bond acceptors (Lipinski definition) is 29. The van der Waals surface area contributed by atoms with Gasteiger partial charge in [-0.2, -0.15) is 5.11 Å². The zero-order valence-corrected chi connectivity index (χ0v) is 53.8. The van der Waals surface area contributed by atoms with Crippen LogP contribution in [-0.2, 0) is 79.2 Å². The van der Waals surface area contributed by atoms with E-state index in [-0.39, 0.29) is 181 Å². The SMILES string of the molecule is Nc1c(N=Nc2ccc(N=Nc3ccc(S(=O)(=O)CCOS(=O)(=O)[O-])cc3S(=O)(=O)[O-])c3cc(S(=O)(=O)[O-])ccc23)cc(S(=O)(=O)[O-])c(N)c1N=Nc1ccc(S(=O)(=O)CCOS(=O)(=O)[O-])cc1.[Na+].[Na+].[Na+].[Na+].[Na+]. The smallest absolute Gasteiger partial charge is 0.744 e. The Balaban J connectivity index is 0.0000104. The summed E-state index contributed by atoms with van der Waals surface area (Å²) in [6, 6.07) is 11.5. The maximum Gasteiger partial charge on any atom is 1.00 e. The van der Waals surface area contributed by atoms with Crippen LogP contribution >= 0.6 is 0 Å². The molecule has 4 N–H and O–H groups in total. The predicted octanol–water partition coefficient (Wildman–Crippen LogP) is -12.5. The van der Waals surface area contributed by atoms with Crippen LogP contribution in [0.2, 0.25) is 0 Å². The van der Waals surface area contributed by atoms with Gasteiger partial charge in [-0.25, -0.2) is 58.9 Å². The third-order valence-corrected chi connectivity index (χ3v) is 15.4. The fraction of sp³-hybridized carbons (Fsp3) is 0.125. The van der Waals surface area contributed by atoms with Gasteiger partial charge < -0.3 is 34.2 Å². The van der Waals surface area contributed by atoms with Crippen LogP contribution in [0, 0.1) is 0 Å². The summed E-state index contributed by atoms with van der Waals surface area (Å²) in [6.07, 6.45) is 0. The minimum atomic E-state index is -5.55. The Morgan fingerprint density at radius 2 is 0.822 bits per heavy atom. The number of anilines is 2. The molecule has 0 bridgehead atoms. The van der Waals surface area contributed by atoms with Gasteiger partial charge in [-0.1, -0.05) is 6.07 Å². The molecule has 0 saturated heterocycles. The maximum absolute atomic E-state index is 12.7. The summed E-state index contributed by atoms with van der Waals surface area (Å²) in [6.45, 7) is -2.14. The summed E-state index contributed by atoms with van der Waals surface area (Å²) < 4.78 is 231. The van der Waals surface area contributed by atoms with Crippen molar-refractivity contribution < 1.29 is 238 Å². The summed E-state index contributed by atoms with van der Waals surface area (Å²) in [4.78, 5) is -4.42. The third-order valence-electron chi connectivity index (χ3n) is 8.53. The molecule has 0 atom stereocenters. The summed E-state index contributed by atoms with van der Waals surface area (Å²) in [5.74, 6) is -2.05. The number of hydrogen-bond donors (Lipinski definition) is 2.